The van der Waals surface area contributed by atoms with E-state index >= 15 is 0 Å². The van der Waals surface area contributed by atoms with E-state index in [-0.39, 0.29) is 18.4 Å². The number of fused-ring (bicyclic) bond motifs is 1. The van der Waals surface area contributed by atoms with Gasteiger partial charge in [0.15, 0.2) is 0 Å². The zero-order chi connectivity index (χ0) is 17.1. The van der Waals surface area contributed by atoms with Crippen LogP contribution in [0.5, 0.6) is 0 Å². The molecule has 0 aromatic heterocycles. The van der Waals surface area contributed by atoms with Crippen molar-refractivity contribution in [2.24, 2.45) is 0 Å². The first-order valence-corrected chi connectivity index (χ1v) is 7.89. The van der Waals surface area contributed by atoms with Gasteiger partial charge in [-0.25, -0.2) is 0 Å². The lowest BCUT2D eigenvalue weighted by molar-refractivity contribution is -0.122. The van der Waals surface area contributed by atoms with Crippen LogP contribution in [0.1, 0.15) is 21.5 Å². The number of nitrogens with one attached hydrogen (secondary N) is 1. The quantitative estimate of drug-likeness (QED) is 0.941. The summed E-state index contributed by atoms with van der Waals surface area (Å²) in [6.07, 6.45) is 0.816. The predicted molar refractivity (Wildman–Crippen MR) is 93.5 cm³/mol. The highest BCUT2D eigenvalue weighted by Crippen LogP contribution is 2.31. The molecule has 1 N–H and O–H groups in total. The van der Waals surface area contributed by atoms with E-state index in [9.17, 15) is 9.59 Å². The second kappa shape index (κ2) is 6.84. The number of hydrogen-bond donors (Lipinski definition) is 1. The first-order valence-electron chi connectivity index (χ1n) is 7.89. The molecule has 2 aromatic carbocycles. The summed E-state index contributed by atoms with van der Waals surface area (Å²) in [4.78, 5) is 26.2. The summed E-state index contributed by atoms with van der Waals surface area (Å²) >= 11 is 0. The SMILES string of the molecule is COCC(=O)N1CCc2ccc(NC(=O)c3cccc(C)c3)cc21. The van der Waals surface area contributed by atoms with Crippen LogP contribution >= 0.6 is 0 Å². The Balaban J connectivity index is 1.80. The van der Waals surface area contributed by atoms with Gasteiger partial charge >= 0.3 is 0 Å². The standard InChI is InChI=1S/C19H20N2O3/c1-13-4-3-5-15(10-13)19(23)20-16-7-6-14-8-9-21(17(14)11-16)18(22)12-24-2/h3-7,10-11H,8-9,12H2,1-2H3,(H,20,23). The summed E-state index contributed by atoms with van der Waals surface area (Å²) in [7, 11) is 1.51. The van der Waals surface area contributed by atoms with E-state index in [4.69, 9.17) is 4.74 Å². The molecule has 0 saturated carbocycles. The maximum Gasteiger partial charge on any atom is 0.255 e. The highest BCUT2D eigenvalue weighted by Gasteiger charge is 2.24. The third-order valence-electron chi connectivity index (χ3n) is 4.09. The van der Waals surface area contributed by atoms with Gasteiger partial charge in [-0.05, 0) is 43.2 Å². The Bertz CT molecular complexity index is 786. The van der Waals surface area contributed by atoms with Crippen LogP contribution in [-0.4, -0.2) is 32.1 Å². The van der Waals surface area contributed by atoms with Gasteiger partial charge in [-0.3, -0.25) is 9.59 Å². The van der Waals surface area contributed by atoms with Gasteiger partial charge < -0.3 is 15.0 Å². The molecular formula is C19H20N2O3. The molecule has 0 bridgehead atoms. The summed E-state index contributed by atoms with van der Waals surface area (Å²) in [5.74, 6) is -0.232. The summed E-state index contributed by atoms with van der Waals surface area (Å²) in [5.41, 5.74) is 4.28. The molecule has 5 heteroatoms. The molecule has 5 nitrogen and oxygen atoms in total. The number of amides is 2. The summed E-state index contributed by atoms with van der Waals surface area (Å²) < 4.78 is 4.93. The van der Waals surface area contributed by atoms with Crippen molar-refractivity contribution in [3.63, 3.8) is 0 Å². The summed E-state index contributed by atoms with van der Waals surface area (Å²) in [5, 5.41) is 2.90. The Labute approximate surface area is 141 Å². The minimum absolute atomic E-state index is 0.0549. The Kier molecular flexibility index (Phi) is 4.62. The lowest BCUT2D eigenvalue weighted by Gasteiger charge is -2.17. The van der Waals surface area contributed by atoms with E-state index in [0.717, 1.165) is 23.2 Å². The molecule has 0 fully saturated rings. The lowest BCUT2D eigenvalue weighted by Crippen LogP contribution is -2.32. The third kappa shape index (κ3) is 3.31. The number of aryl methyl sites for hydroxylation is 1. The van der Waals surface area contributed by atoms with E-state index in [2.05, 4.69) is 5.32 Å². The fourth-order valence-corrected chi connectivity index (χ4v) is 2.91. The maximum atomic E-state index is 12.4. The van der Waals surface area contributed by atoms with Crippen LogP contribution in [-0.2, 0) is 16.0 Å². The largest absolute Gasteiger partial charge is 0.375 e. The van der Waals surface area contributed by atoms with Crippen molar-refractivity contribution >= 4 is 23.2 Å². The number of carbonyl (C=O) groups is 2. The topological polar surface area (TPSA) is 58.6 Å². The number of nitrogens with zero attached hydrogens (tertiary/aromatic N) is 1. The molecular weight excluding hydrogens is 304 g/mol. The van der Waals surface area contributed by atoms with Crippen LogP contribution in [0.2, 0.25) is 0 Å². The number of ether oxygens (including phenoxy) is 1. The van der Waals surface area contributed by atoms with Crippen molar-refractivity contribution in [3.05, 3.63) is 59.2 Å². The zero-order valence-electron chi connectivity index (χ0n) is 13.8. The minimum atomic E-state index is -0.161. The molecule has 2 amide bonds. The van der Waals surface area contributed by atoms with Gasteiger partial charge in [-0.15, -0.1) is 0 Å². The van der Waals surface area contributed by atoms with Crippen molar-refractivity contribution in [2.75, 3.05) is 30.5 Å². The van der Waals surface area contributed by atoms with Crippen molar-refractivity contribution in [1.29, 1.82) is 0 Å². The molecule has 0 spiro atoms. The normalized spacial score (nSPS) is 12.8. The highest BCUT2D eigenvalue weighted by molar-refractivity contribution is 6.05. The first-order chi connectivity index (χ1) is 11.6. The smallest absolute Gasteiger partial charge is 0.255 e. The lowest BCUT2D eigenvalue weighted by atomic mass is 10.1. The van der Waals surface area contributed by atoms with Gasteiger partial charge in [0, 0.05) is 30.6 Å². The number of rotatable bonds is 4. The average Bonchev–Trinajstić information content (AvgIpc) is 2.98. The van der Waals surface area contributed by atoms with Gasteiger partial charge in [0.05, 0.1) is 0 Å². The van der Waals surface area contributed by atoms with Gasteiger partial charge in [-0.1, -0.05) is 23.8 Å². The minimum Gasteiger partial charge on any atom is -0.375 e. The van der Waals surface area contributed by atoms with Gasteiger partial charge in [-0.2, -0.15) is 0 Å². The molecule has 3 rings (SSSR count). The van der Waals surface area contributed by atoms with Crippen molar-refractivity contribution in [3.8, 4) is 0 Å². The van der Waals surface area contributed by atoms with Crippen molar-refractivity contribution in [2.45, 2.75) is 13.3 Å². The summed E-state index contributed by atoms with van der Waals surface area (Å²) in [6, 6.07) is 13.1. The van der Waals surface area contributed by atoms with Crippen LogP contribution in [0, 0.1) is 6.92 Å². The highest BCUT2D eigenvalue weighted by atomic mass is 16.5. The van der Waals surface area contributed by atoms with Gasteiger partial charge in [0.25, 0.3) is 11.8 Å². The van der Waals surface area contributed by atoms with E-state index in [1.807, 2.05) is 43.3 Å². The van der Waals surface area contributed by atoms with Crippen LogP contribution in [0.4, 0.5) is 11.4 Å². The fraction of sp³-hybridized carbons (Fsp3) is 0.263. The van der Waals surface area contributed by atoms with Crippen molar-refractivity contribution in [1.82, 2.24) is 0 Å². The van der Waals surface area contributed by atoms with Crippen LogP contribution in [0.25, 0.3) is 0 Å². The summed E-state index contributed by atoms with van der Waals surface area (Å²) in [6.45, 7) is 2.65. The molecule has 2 aromatic rings. The average molecular weight is 324 g/mol. The molecule has 0 atom stereocenters. The second-order valence-corrected chi connectivity index (χ2v) is 5.90. The molecule has 0 radical (unpaired) electrons. The Hall–Kier alpha value is -2.66. The molecule has 0 saturated heterocycles. The third-order valence-corrected chi connectivity index (χ3v) is 4.09. The Morgan fingerprint density at radius 1 is 1.21 bits per heavy atom. The number of anilines is 2. The monoisotopic (exact) mass is 324 g/mol. The zero-order valence-corrected chi connectivity index (χ0v) is 13.8. The second-order valence-electron chi connectivity index (χ2n) is 5.90. The van der Waals surface area contributed by atoms with E-state index in [0.29, 0.717) is 17.8 Å². The van der Waals surface area contributed by atoms with Crippen LogP contribution in [0.15, 0.2) is 42.5 Å². The number of benzene rings is 2. The fourth-order valence-electron chi connectivity index (χ4n) is 2.91. The molecule has 124 valence electrons. The molecule has 0 unspecified atom stereocenters. The van der Waals surface area contributed by atoms with Crippen LogP contribution < -0.4 is 10.2 Å². The van der Waals surface area contributed by atoms with E-state index < -0.39 is 0 Å². The predicted octanol–water partition coefficient (Wildman–Crippen LogP) is 2.78. The Morgan fingerprint density at radius 3 is 2.79 bits per heavy atom. The molecule has 0 aliphatic carbocycles. The first kappa shape index (κ1) is 16.2. The van der Waals surface area contributed by atoms with E-state index in [1.54, 1.807) is 11.0 Å². The van der Waals surface area contributed by atoms with Crippen LogP contribution in [0.3, 0.4) is 0 Å². The van der Waals surface area contributed by atoms with Gasteiger partial charge in [0.2, 0.25) is 0 Å². The maximum absolute atomic E-state index is 12.4. The van der Waals surface area contributed by atoms with Gasteiger partial charge in [0.1, 0.15) is 6.61 Å². The van der Waals surface area contributed by atoms with E-state index in [1.165, 1.54) is 7.11 Å². The number of carbonyl (C=O) groups excluding carboxylic acids is 2. The molecule has 24 heavy (non-hydrogen) atoms. The number of methoxy groups -OCH3 is 1. The molecule has 1 aliphatic rings. The number of hydrogen-bond acceptors (Lipinski definition) is 3. The van der Waals surface area contributed by atoms with Crippen molar-refractivity contribution < 1.29 is 14.3 Å². The Morgan fingerprint density at radius 2 is 2.04 bits per heavy atom. The molecule has 1 heterocycles. The molecule has 1 aliphatic heterocycles.